The number of aromatic carboxylic acids is 1. The van der Waals surface area contributed by atoms with E-state index in [0.717, 1.165) is 0 Å². The minimum atomic E-state index is -1.17. The number of hydrogen-bond donors (Lipinski definition) is 2. The van der Waals surface area contributed by atoms with Crippen molar-refractivity contribution in [3.63, 3.8) is 0 Å². The first-order chi connectivity index (χ1) is 11.8. The van der Waals surface area contributed by atoms with Gasteiger partial charge in [0.25, 0.3) is 5.69 Å². The molecule has 128 valence electrons. The van der Waals surface area contributed by atoms with Crippen LogP contribution in [-0.2, 0) is 4.79 Å². The van der Waals surface area contributed by atoms with Crippen LogP contribution in [0.5, 0.6) is 0 Å². The minimum absolute atomic E-state index is 0.000219. The van der Waals surface area contributed by atoms with Crippen molar-refractivity contribution in [2.45, 2.75) is 0 Å². The molecule has 2 aromatic rings. The van der Waals surface area contributed by atoms with Crippen LogP contribution in [0.3, 0.4) is 0 Å². The van der Waals surface area contributed by atoms with Crippen molar-refractivity contribution in [3.8, 4) is 0 Å². The maximum atomic E-state index is 11.9. The van der Waals surface area contributed by atoms with Crippen LogP contribution in [0.4, 0.5) is 11.4 Å². The van der Waals surface area contributed by atoms with Crippen LogP contribution in [0, 0.1) is 10.1 Å². The fourth-order valence-corrected chi connectivity index (χ4v) is 2.34. The molecule has 25 heavy (non-hydrogen) atoms. The molecule has 0 bridgehead atoms. The zero-order valence-electron chi connectivity index (χ0n) is 12.4. The van der Waals surface area contributed by atoms with Gasteiger partial charge in [0.15, 0.2) is 0 Å². The van der Waals surface area contributed by atoms with Crippen LogP contribution >= 0.6 is 23.2 Å². The average molecular weight is 381 g/mol. The summed E-state index contributed by atoms with van der Waals surface area (Å²) < 4.78 is 0. The normalized spacial score (nSPS) is 10.6. The SMILES string of the molecule is O=C(/C=C/c1ccc(Cl)c([N+](=O)[O-])c1)Nc1ccc(C(=O)O)c(Cl)c1. The van der Waals surface area contributed by atoms with Gasteiger partial charge in [-0.2, -0.15) is 0 Å². The Hall–Kier alpha value is -2.90. The molecule has 2 aromatic carbocycles. The van der Waals surface area contributed by atoms with E-state index in [1.807, 2.05) is 0 Å². The largest absolute Gasteiger partial charge is 0.478 e. The number of nitrogens with one attached hydrogen (secondary N) is 1. The number of amides is 1. The number of nitro groups is 1. The first kappa shape index (κ1) is 18.4. The van der Waals surface area contributed by atoms with Crippen LogP contribution in [0.1, 0.15) is 15.9 Å². The Morgan fingerprint density at radius 2 is 1.84 bits per heavy atom. The molecule has 0 aliphatic carbocycles. The number of carboxylic acids is 1. The summed E-state index contributed by atoms with van der Waals surface area (Å²) in [5.74, 6) is -1.69. The van der Waals surface area contributed by atoms with E-state index in [9.17, 15) is 19.7 Å². The summed E-state index contributed by atoms with van der Waals surface area (Å²) in [6.45, 7) is 0. The topological polar surface area (TPSA) is 110 Å². The Morgan fingerprint density at radius 1 is 1.12 bits per heavy atom. The third kappa shape index (κ3) is 4.79. The van der Waals surface area contributed by atoms with Gasteiger partial charge in [-0.1, -0.05) is 29.3 Å². The van der Waals surface area contributed by atoms with Crippen LogP contribution in [0.15, 0.2) is 42.5 Å². The number of anilines is 1. The van der Waals surface area contributed by atoms with Crippen molar-refractivity contribution in [2.24, 2.45) is 0 Å². The minimum Gasteiger partial charge on any atom is -0.478 e. The van der Waals surface area contributed by atoms with Crippen LogP contribution < -0.4 is 5.32 Å². The van der Waals surface area contributed by atoms with Crippen LogP contribution in [0.2, 0.25) is 10.0 Å². The van der Waals surface area contributed by atoms with Gasteiger partial charge < -0.3 is 10.4 Å². The first-order valence-electron chi connectivity index (χ1n) is 6.74. The maximum absolute atomic E-state index is 11.9. The van der Waals surface area contributed by atoms with Crippen molar-refractivity contribution in [2.75, 3.05) is 5.32 Å². The molecule has 2 rings (SSSR count). The summed E-state index contributed by atoms with van der Waals surface area (Å²) in [6, 6.07) is 8.11. The molecule has 0 heterocycles. The second kappa shape index (κ2) is 7.78. The van der Waals surface area contributed by atoms with Crippen LogP contribution in [0.25, 0.3) is 6.08 Å². The molecule has 9 heteroatoms. The van der Waals surface area contributed by atoms with Gasteiger partial charge >= 0.3 is 5.97 Å². The predicted molar refractivity (Wildman–Crippen MR) is 94.2 cm³/mol. The second-order valence-electron chi connectivity index (χ2n) is 4.79. The molecule has 0 radical (unpaired) electrons. The summed E-state index contributed by atoms with van der Waals surface area (Å²) >= 11 is 11.5. The standard InChI is InChI=1S/C16H10Cl2N2O5/c17-12-5-1-9(7-14(12)20(24)25)2-6-15(21)19-10-3-4-11(16(22)23)13(18)8-10/h1-8H,(H,19,21)(H,22,23)/b6-2+. The Balaban J connectivity index is 2.11. The molecule has 0 atom stereocenters. The first-order valence-corrected chi connectivity index (χ1v) is 7.49. The van der Waals surface area contributed by atoms with Crippen molar-refractivity contribution in [1.29, 1.82) is 0 Å². The molecule has 7 nitrogen and oxygen atoms in total. The third-order valence-electron chi connectivity index (χ3n) is 3.06. The number of hydrogen-bond acceptors (Lipinski definition) is 4. The molecule has 0 spiro atoms. The molecule has 0 unspecified atom stereocenters. The van der Waals surface area contributed by atoms with Gasteiger partial charge in [0, 0.05) is 17.8 Å². The van der Waals surface area contributed by atoms with E-state index in [1.54, 1.807) is 0 Å². The zero-order valence-corrected chi connectivity index (χ0v) is 13.9. The summed E-state index contributed by atoms with van der Waals surface area (Å²) in [4.78, 5) is 33.0. The number of nitrogens with zero attached hydrogens (tertiary/aromatic N) is 1. The molecule has 0 saturated heterocycles. The maximum Gasteiger partial charge on any atom is 0.337 e. The zero-order chi connectivity index (χ0) is 18.6. The van der Waals surface area contributed by atoms with E-state index in [-0.39, 0.29) is 21.3 Å². The Bertz CT molecular complexity index is 896. The predicted octanol–water partition coefficient (Wildman–Crippen LogP) is 4.25. The molecule has 2 N–H and O–H groups in total. The Labute approximate surface area is 151 Å². The van der Waals surface area contributed by atoms with Gasteiger partial charge in [-0.05, 0) is 35.9 Å². The van der Waals surface area contributed by atoms with Crippen molar-refractivity contribution in [1.82, 2.24) is 0 Å². The molecule has 0 fully saturated rings. The van der Waals surface area contributed by atoms with Crippen molar-refractivity contribution in [3.05, 3.63) is 73.8 Å². The van der Waals surface area contributed by atoms with Gasteiger partial charge in [0.1, 0.15) is 5.02 Å². The smallest absolute Gasteiger partial charge is 0.337 e. The highest BCUT2D eigenvalue weighted by Crippen LogP contribution is 2.25. The monoisotopic (exact) mass is 380 g/mol. The van der Waals surface area contributed by atoms with Gasteiger partial charge in [0.2, 0.25) is 5.91 Å². The number of benzene rings is 2. The molecule has 0 saturated carbocycles. The molecular weight excluding hydrogens is 371 g/mol. The van der Waals surface area contributed by atoms with E-state index in [4.69, 9.17) is 28.3 Å². The Kier molecular flexibility index (Phi) is 5.74. The lowest BCUT2D eigenvalue weighted by Gasteiger charge is -2.04. The Morgan fingerprint density at radius 3 is 2.44 bits per heavy atom. The highest BCUT2D eigenvalue weighted by atomic mass is 35.5. The van der Waals surface area contributed by atoms with Crippen molar-refractivity contribution < 1.29 is 19.6 Å². The highest BCUT2D eigenvalue weighted by Gasteiger charge is 2.12. The number of halogens is 2. The van der Waals surface area contributed by atoms with Gasteiger partial charge in [-0.3, -0.25) is 14.9 Å². The van der Waals surface area contributed by atoms with E-state index in [2.05, 4.69) is 5.32 Å². The summed E-state index contributed by atoms with van der Waals surface area (Å²) in [7, 11) is 0. The number of carboxylic acid groups (broad SMARTS) is 1. The second-order valence-corrected chi connectivity index (χ2v) is 5.60. The molecule has 0 aliphatic rings. The summed E-state index contributed by atoms with van der Waals surface area (Å²) in [5.41, 5.74) is 0.390. The number of carbonyl (C=O) groups is 2. The number of nitro benzene ring substituents is 1. The molecule has 0 aliphatic heterocycles. The fourth-order valence-electron chi connectivity index (χ4n) is 1.90. The molecular formula is C16H10Cl2N2O5. The average Bonchev–Trinajstić information content (AvgIpc) is 2.53. The quantitative estimate of drug-likeness (QED) is 0.457. The van der Waals surface area contributed by atoms with E-state index in [0.29, 0.717) is 11.3 Å². The number of carbonyl (C=O) groups excluding carboxylic acids is 1. The van der Waals surface area contributed by atoms with Crippen molar-refractivity contribution >= 4 is 52.5 Å². The third-order valence-corrected chi connectivity index (χ3v) is 3.69. The highest BCUT2D eigenvalue weighted by molar-refractivity contribution is 6.34. The lowest BCUT2D eigenvalue weighted by Crippen LogP contribution is -2.08. The molecule has 0 aromatic heterocycles. The van der Waals surface area contributed by atoms with E-state index >= 15 is 0 Å². The number of rotatable bonds is 5. The summed E-state index contributed by atoms with van der Waals surface area (Å²) in [5, 5.41) is 22.2. The van der Waals surface area contributed by atoms with E-state index < -0.39 is 16.8 Å². The lowest BCUT2D eigenvalue weighted by molar-refractivity contribution is -0.384. The van der Waals surface area contributed by atoms with Gasteiger partial charge in [-0.25, -0.2) is 4.79 Å². The fraction of sp³-hybridized carbons (Fsp3) is 0. The summed E-state index contributed by atoms with van der Waals surface area (Å²) in [6.07, 6.45) is 2.55. The van der Waals surface area contributed by atoms with Gasteiger partial charge in [-0.15, -0.1) is 0 Å². The van der Waals surface area contributed by atoms with Crippen LogP contribution in [-0.4, -0.2) is 21.9 Å². The van der Waals surface area contributed by atoms with E-state index in [1.165, 1.54) is 48.6 Å². The molecule has 1 amide bonds. The lowest BCUT2D eigenvalue weighted by atomic mass is 10.2. The van der Waals surface area contributed by atoms with Gasteiger partial charge in [0.05, 0.1) is 15.5 Å².